The van der Waals surface area contributed by atoms with Crippen molar-refractivity contribution in [2.75, 3.05) is 0 Å². The number of hydrogen-bond donors (Lipinski definition) is 3. The number of aromatic amines is 1. The first-order valence-electron chi connectivity index (χ1n) is 6.90. The number of rotatable bonds is 5. The summed E-state index contributed by atoms with van der Waals surface area (Å²) in [6.45, 7) is 3.63. The van der Waals surface area contributed by atoms with Crippen LogP contribution in [0.2, 0.25) is 0 Å². The molecule has 3 N–H and O–H groups in total. The predicted molar refractivity (Wildman–Crippen MR) is 80.7 cm³/mol. The van der Waals surface area contributed by atoms with Crippen molar-refractivity contribution in [3.63, 3.8) is 0 Å². The molecule has 2 rings (SSSR count). The third kappa shape index (κ3) is 3.49. The zero-order valence-corrected chi connectivity index (χ0v) is 12.3. The van der Waals surface area contributed by atoms with Crippen LogP contribution in [0.4, 0.5) is 0 Å². The molecule has 1 amide bonds. The second kappa shape index (κ2) is 6.38. The normalized spacial score (nSPS) is 12.3. The van der Waals surface area contributed by atoms with Gasteiger partial charge in [0.15, 0.2) is 0 Å². The number of H-pyrrole nitrogens is 1. The molecule has 1 aromatic carbocycles. The van der Waals surface area contributed by atoms with E-state index in [1.807, 2.05) is 13.8 Å². The van der Waals surface area contributed by atoms with E-state index in [0.29, 0.717) is 10.9 Å². The van der Waals surface area contributed by atoms with Gasteiger partial charge in [0.2, 0.25) is 0 Å². The van der Waals surface area contributed by atoms with Gasteiger partial charge < -0.3 is 15.4 Å². The van der Waals surface area contributed by atoms with Crippen molar-refractivity contribution in [3.8, 4) is 0 Å². The summed E-state index contributed by atoms with van der Waals surface area (Å²) < 4.78 is 0. The van der Waals surface area contributed by atoms with Crippen LogP contribution in [0.15, 0.2) is 29.1 Å². The van der Waals surface area contributed by atoms with Crippen molar-refractivity contribution in [2.45, 2.75) is 26.3 Å². The maximum absolute atomic E-state index is 12.4. The van der Waals surface area contributed by atoms with Crippen LogP contribution < -0.4 is 11.0 Å². The Hall–Kier alpha value is -2.70. The number of aliphatic carboxylic acids is 1. The van der Waals surface area contributed by atoms with E-state index in [2.05, 4.69) is 15.3 Å². The Morgan fingerprint density at radius 3 is 2.64 bits per heavy atom. The third-order valence-corrected chi connectivity index (χ3v) is 3.37. The van der Waals surface area contributed by atoms with Crippen molar-refractivity contribution in [1.82, 2.24) is 15.3 Å². The number of nitrogens with one attached hydrogen (secondary N) is 2. The van der Waals surface area contributed by atoms with Crippen LogP contribution in [0.5, 0.6) is 0 Å². The lowest BCUT2D eigenvalue weighted by atomic mass is 10.0. The number of carboxylic acids is 1. The highest BCUT2D eigenvalue weighted by Gasteiger charge is 2.22. The molecule has 7 nitrogen and oxygen atoms in total. The summed E-state index contributed by atoms with van der Waals surface area (Å²) in [5.41, 5.74) is -0.120. The van der Waals surface area contributed by atoms with Crippen molar-refractivity contribution in [2.24, 2.45) is 5.92 Å². The first-order valence-corrected chi connectivity index (χ1v) is 6.90. The average Bonchev–Trinajstić information content (AvgIpc) is 2.44. The van der Waals surface area contributed by atoms with E-state index in [0.717, 1.165) is 0 Å². The van der Waals surface area contributed by atoms with Gasteiger partial charge in [-0.2, -0.15) is 4.98 Å². The Kier molecular flexibility index (Phi) is 4.55. The fraction of sp³-hybridized carbons (Fsp3) is 0.333. The van der Waals surface area contributed by atoms with Gasteiger partial charge in [-0.05, 0) is 12.0 Å². The van der Waals surface area contributed by atoms with Crippen molar-refractivity contribution in [1.29, 1.82) is 0 Å². The molecule has 0 aliphatic carbocycles. The number of aromatic nitrogens is 2. The molecule has 1 aromatic heterocycles. The summed E-state index contributed by atoms with van der Waals surface area (Å²) in [7, 11) is 0. The fourth-order valence-corrected chi connectivity index (χ4v) is 2.15. The number of nitrogens with zero attached hydrogens (tertiary/aromatic N) is 1. The number of para-hydroxylation sites is 1. The number of carboxylic acid groups (broad SMARTS) is 1. The quantitative estimate of drug-likeness (QED) is 0.767. The summed E-state index contributed by atoms with van der Waals surface area (Å²) in [6.07, 6.45) is -0.190. The van der Waals surface area contributed by atoms with Crippen molar-refractivity contribution >= 4 is 22.8 Å². The maximum Gasteiger partial charge on any atom is 0.346 e. The van der Waals surface area contributed by atoms with E-state index in [1.54, 1.807) is 24.3 Å². The highest BCUT2D eigenvalue weighted by molar-refractivity contribution is 6.04. The van der Waals surface area contributed by atoms with Gasteiger partial charge in [0.25, 0.3) is 5.91 Å². The monoisotopic (exact) mass is 303 g/mol. The average molecular weight is 303 g/mol. The Balaban J connectivity index is 2.37. The lowest BCUT2D eigenvalue weighted by molar-refractivity contribution is -0.137. The molecule has 22 heavy (non-hydrogen) atoms. The number of fused-ring (bicyclic) bond motifs is 1. The largest absolute Gasteiger partial charge is 0.481 e. The van der Waals surface area contributed by atoms with E-state index in [9.17, 15) is 14.4 Å². The Morgan fingerprint density at radius 2 is 2.00 bits per heavy atom. The van der Waals surface area contributed by atoms with Crippen LogP contribution in [-0.2, 0) is 4.79 Å². The summed E-state index contributed by atoms with van der Waals surface area (Å²) in [5.74, 6) is -1.61. The van der Waals surface area contributed by atoms with E-state index in [1.165, 1.54) is 0 Å². The van der Waals surface area contributed by atoms with Gasteiger partial charge in [0.1, 0.15) is 5.69 Å². The van der Waals surface area contributed by atoms with E-state index in [4.69, 9.17) is 5.11 Å². The molecule has 1 atom stereocenters. The minimum atomic E-state index is -0.997. The van der Waals surface area contributed by atoms with Gasteiger partial charge in [0, 0.05) is 11.4 Å². The third-order valence-electron chi connectivity index (χ3n) is 3.37. The van der Waals surface area contributed by atoms with Gasteiger partial charge in [-0.3, -0.25) is 9.59 Å². The van der Waals surface area contributed by atoms with Crippen LogP contribution in [0.25, 0.3) is 10.9 Å². The molecule has 0 saturated heterocycles. The molecular weight excluding hydrogens is 286 g/mol. The van der Waals surface area contributed by atoms with E-state index >= 15 is 0 Å². The SMILES string of the molecule is CC(C)C(CC(=O)O)NC(=O)c1nc(=O)[nH]c2ccccc12. The Bertz CT molecular complexity index is 767. The second-order valence-corrected chi connectivity index (χ2v) is 5.36. The number of carbonyl (C=O) groups is 2. The van der Waals surface area contributed by atoms with Crippen LogP contribution in [0.3, 0.4) is 0 Å². The van der Waals surface area contributed by atoms with Gasteiger partial charge in [-0.15, -0.1) is 0 Å². The van der Waals surface area contributed by atoms with Gasteiger partial charge in [0.05, 0.1) is 11.9 Å². The highest BCUT2D eigenvalue weighted by Crippen LogP contribution is 2.14. The van der Waals surface area contributed by atoms with Crippen LogP contribution in [0, 0.1) is 5.92 Å². The Labute approximate surface area is 126 Å². The molecule has 0 saturated carbocycles. The zero-order chi connectivity index (χ0) is 16.3. The number of carbonyl (C=O) groups excluding carboxylic acids is 1. The van der Waals surface area contributed by atoms with Crippen LogP contribution >= 0.6 is 0 Å². The number of hydrogen-bond acceptors (Lipinski definition) is 4. The fourth-order valence-electron chi connectivity index (χ4n) is 2.15. The van der Waals surface area contributed by atoms with Crippen LogP contribution in [0.1, 0.15) is 30.8 Å². The molecule has 0 fully saturated rings. The molecule has 116 valence electrons. The first-order chi connectivity index (χ1) is 10.4. The highest BCUT2D eigenvalue weighted by atomic mass is 16.4. The molecule has 0 aliphatic rings. The van der Waals surface area contributed by atoms with Crippen molar-refractivity contribution in [3.05, 3.63) is 40.4 Å². The van der Waals surface area contributed by atoms with Gasteiger partial charge in [-0.1, -0.05) is 32.0 Å². The zero-order valence-electron chi connectivity index (χ0n) is 12.3. The summed E-state index contributed by atoms with van der Waals surface area (Å²) in [5, 5.41) is 12.1. The van der Waals surface area contributed by atoms with Crippen molar-refractivity contribution < 1.29 is 14.7 Å². The summed E-state index contributed by atoms with van der Waals surface area (Å²) in [6, 6.07) is 6.28. The van der Waals surface area contributed by atoms with E-state index in [-0.39, 0.29) is 18.0 Å². The first kappa shape index (κ1) is 15.7. The molecule has 0 bridgehead atoms. The molecule has 0 aliphatic heterocycles. The minimum absolute atomic E-state index is 0.00427. The standard InChI is InChI=1S/C15H17N3O4/c1-8(2)11(7-12(19)20)16-14(21)13-9-5-3-4-6-10(9)17-15(22)18-13/h3-6,8,11H,7H2,1-2H3,(H,16,21)(H,19,20)(H,17,18,22). The molecule has 1 unspecified atom stereocenters. The summed E-state index contributed by atoms with van der Waals surface area (Å²) >= 11 is 0. The molecule has 2 aromatic rings. The number of amides is 1. The molecule has 1 heterocycles. The predicted octanol–water partition coefficient (Wildman–Crippen LogP) is 1.15. The second-order valence-electron chi connectivity index (χ2n) is 5.36. The molecule has 0 spiro atoms. The van der Waals surface area contributed by atoms with Gasteiger partial charge >= 0.3 is 11.7 Å². The Morgan fingerprint density at radius 1 is 1.32 bits per heavy atom. The van der Waals surface area contributed by atoms with Crippen LogP contribution in [-0.4, -0.2) is 33.0 Å². The smallest absolute Gasteiger partial charge is 0.346 e. The summed E-state index contributed by atoms with van der Waals surface area (Å²) in [4.78, 5) is 41.1. The number of benzene rings is 1. The molecule has 7 heteroatoms. The van der Waals surface area contributed by atoms with Gasteiger partial charge in [-0.25, -0.2) is 4.79 Å². The van der Waals surface area contributed by atoms with E-state index < -0.39 is 23.6 Å². The maximum atomic E-state index is 12.4. The lowest BCUT2D eigenvalue weighted by Gasteiger charge is -2.20. The topological polar surface area (TPSA) is 112 Å². The minimum Gasteiger partial charge on any atom is -0.481 e. The lowest BCUT2D eigenvalue weighted by Crippen LogP contribution is -2.41. The molecular formula is C15H17N3O4. The molecule has 0 radical (unpaired) electrons.